The second-order valence-electron chi connectivity index (χ2n) is 5.87. The first-order valence-corrected chi connectivity index (χ1v) is 9.49. The van der Waals surface area contributed by atoms with Gasteiger partial charge in [-0.3, -0.25) is 4.79 Å². The number of rotatable bonds is 4. The van der Waals surface area contributed by atoms with Gasteiger partial charge in [0.25, 0.3) is 5.91 Å². The van der Waals surface area contributed by atoms with Crippen LogP contribution >= 0.6 is 0 Å². The highest BCUT2D eigenvalue weighted by Gasteiger charge is 2.28. The molecule has 2 aromatic rings. The average molecular weight is 367 g/mol. The lowest BCUT2D eigenvalue weighted by Gasteiger charge is -2.35. The monoisotopic (exact) mass is 367 g/mol. The van der Waals surface area contributed by atoms with E-state index in [9.17, 15) is 17.6 Å². The molecule has 0 atom stereocenters. The standard InChI is InChI=1S/C16H18FN3O4S/c1-19-7-8-20(13-5-3-11(17)9-14(13)19)16(21)15-6-4-12(24-15)10-18-25(2,22)23/h3-6,9,18H,7-8,10H2,1-2H3. The van der Waals surface area contributed by atoms with Crippen LogP contribution < -0.4 is 14.5 Å². The van der Waals surface area contributed by atoms with Crippen LogP contribution in [0.1, 0.15) is 16.3 Å². The molecular weight excluding hydrogens is 349 g/mol. The summed E-state index contributed by atoms with van der Waals surface area (Å²) in [5.41, 5.74) is 1.23. The Bertz CT molecular complexity index is 910. The second kappa shape index (κ2) is 6.49. The lowest BCUT2D eigenvalue weighted by molar-refractivity contribution is 0.0958. The van der Waals surface area contributed by atoms with Crippen LogP contribution in [0.2, 0.25) is 0 Å². The van der Waals surface area contributed by atoms with Crippen molar-refractivity contribution >= 4 is 27.3 Å². The number of benzene rings is 1. The molecule has 1 amide bonds. The highest BCUT2D eigenvalue weighted by molar-refractivity contribution is 7.88. The number of anilines is 2. The Morgan fingerprint density at radius 2 is 2.00 bits per heavy atom. The van der Waals surface area contributed by atoms with E-state index in [-0.39, 0.29) is 24.0 Å². The van der Waals surface area contributed by atoms with E-state index >= 15 is 0 Å². The number of hydrogen-bond donors (Lipinski definition) is 1. The van der Waals surface area contributed by atoms with Crippen LogP contribution in [-0.2, 0) is 16.6 Å². The molecule has 3 rings (SSSR count). The van der Waals surface area contributed by atoms with E-state index in [1.165, 1.54) is 23.1 Å². The molecule has 0 saturated carbocycles. The maximum absolute atomic E-state index is 13.5. The molecule has 1 aliphatic heterocycles. The third-order valence-corrected chi connectivity index (χ3v) is 4.59. The lowest BCUT2D eigenvalue weighted by Crippen LogP contribution is -2.42. The SMILES string of the molecule is CN1CCN(C(=O)c2ccc(CNS(C)(=O)=O)o2)c2ccc(F)cc21. The molecule has 9 heteroatoms. The predicted octanol–water partition coefficient (Wildman–Crippen LogP) is 1.56. The van der Waals surface area contributed by atoms with Gasteiger partial charge in [-0.15, -0.1) is 0 Å². The van der Waals surface area contributed by atoms with Crippen molar-refractivity contribution in [3.63, 3.8) is 0 Å². The summed E-state index contributed by atoms with van der Waals surface area (Å²) >= 11 is 0. The van der Waals surface area contributed by atoms with E-state index in [0.29, 0.717) is 30.2 Å². The number of fused-ring (bicyclic) bond motifs is 1. The lowest BCUT2D eigenvalue weighted by atomic mass is 10.1. The van der Waals surface area contributed by atoms with Crippen molar-refractivity contribution in [3.05, 3.63) is 47.7 Å². The fraction of sp³-hybridized carbons (Fsp3) is 0.312. The summed E-state index contributed by atoms with van der Waals surface area (Å²) in [6.45, 7) is 0.966. The fourth-order valence-electron chi connectivity index (χ4n) is 2.66. The molecule has 2 heterocycles. The average Bonchev–Trinajstić information content (AvgIpc) is 3.02. The molecule has 7 nitrogen and oxygen atoms in total. The van der Waals surface area contributed by atoms with Gasteiger partial charge in [-0.25, -0.2) is 17.5 Å². The molecule has 0 radical (unpaired) electrons. The van der Waals surface area contributed by atoms with Gasteiger partial charge in [0.05, 0.1) is 24.2 Å². The number of furan rings is 1. The molecule has 1 aliphatic rings. The highest BCUT2D eigenvalue weighted by atomic mass is 32.2. The molecular formula is C16H18FN3O4S. The Balaban J connectivity index is 1.83. The van der Waals surface area contributed by atoms with Crippen molar-refractivity contribution in [2.45, 2.75) is 6.54 Å². The van der Waals surface area contributed by atoms with Gasteiger partial charge >= 0.3 is 0 Å². The minimum Gasteiger partial charge on any atom is -0.455 e. The van der Waals surface area contributed by atoms with Gasteiger partial charge in [-0.05, 0) is 30.3 Å². The van der Waals surface area contributed by atoms with Crippen LogP contribution in [0.4, 0.5) is 15.8 Å². The summed E-state index contributed by atoms with van der Waals surface area (Å²) in [4.78, 5) is 16.2. The zero-order valence-electron chi connectivity index (χ0n) is 13.8. The zero-order chi connectivity index (χ0) is 18.2. The fourth-order valence-corrected chi connectivity index (χ4v) is 3.06. The van der Waals surface area contributed by atoms with Crippen molar-refractivity contribution in [1.29, 1.82) is 0 Å². The largest absolute Gasteiger partial charge is 0.455 e. The summed E-state index contributed by atoms with van der Waals surface area (Å²) < 4.78 is 43.5. The molecule has 1 aromatic carbocycles. The molecule has 1 N–H and O–H groups in total. The summed E-state index contributed by atoms with van der Waals surface area (Å²) in [5, 5.41) is 0. The molecule has 0 unspecified atom stereocenters. The van der Waals surface area contributed by atoms with Crippen molar-refractivity contribution in [2.24, 2.45) is 0 Å². The van der Waals surface area contributed by atoms with Crippen molar-refractivity contribution in [3.8, 4) is 0 Å². The van der Waals surface area contributed by atoms with Crippen molar-refractivity contribution < 1.29 is 22.0 Å². The summed E-state index contributed by atoms with van der Waals surface area (Å²) in [6, 6.07) is 7.31. The van der Waals surface area contributed by atoms with Gasteiger partial charge < -0.3 is 14.2 Å². The molecule has 25 heavy (non-hydrogen) atoms. The predicted molar refractivity (Wildman–Crippen MR) is 91.7 cm³/mol. The first-order chi connectivity index (χ1) is 11.7. The number of halogens is 1. The highest BCUT2D eigenvalue weighted by Crippen LogP contribution is 2.33. The van der Waals surface area contributed by atoms with Crippen LogP contribution in [0.5, 0.6) is 0 Å². The molecule has 1 aromatic heterocycles. The third-order valence-electron chi connectivity index (χ3n) is 3.92. The van der Waals surface area contributed by atoms with Crippen LogP contribution in [0.25, 0.3) is 0 Å². The van der Waals surface area contributed by atoms with Crippen LogP contribution in [0.3, 0.4) is 0 Å². The Kier molecular flexibility index (Phi) is 4.53. The Morgan fingerprint density at radius 1 is 1.24 bits per heavy atom. The molecule has 0 fully saturated rings. The maximum atomic E-state index is 13.5. The minimum atomic E-state index is -3.35. The van der Waals surface area contributed by atoms with Gasteiger partial charge in [0.2, 0.25) is 10.0 Å². The Hall–Kier alpha value is -2.39. The first kappa shape index (κ1) is 17.4. The molecule has 0 spiro atoms. The number of hydrogen-bond acceptors (Lipinski definition) is 5. The van der Waals surface area contributed by atoms with E-state index in [4.69, 9.17) is 4.42 Å². The van der Waals surface area contributed by atoms with Gasteiger partial charge in [-0.1, -0.05) is 0 Å². The number of nitrogens with zero attached hydrogens (tertiary/aromatic N) is 2. The van der Waals surface area contributed by atoms with Gasteiger partial charge in [0, 0.05) is 20.1 Å². The van der Waals surface area contributed by atoms with E-state index in [1.54, 1.807) is 12.1 Å². The first-order valence-electron chi connectivity index (χ1n) is 7.60. The molecule has 0 saturated heterocycles. The van der Waals surface area contributed by atoms with Crippen LogP contribution in [0.15, 0.2) is 34.7 Å². The quantitative estimate of drug-likeness (QED) is 0.887. The number of carbonyl (C=O) groups excluding carboxylic acids is 1. The minimum absolute atomic E-state index is 0.0311. The Morgan fingerprint density at radius 3 is 2.72 bits per heavy atom. The van der Waals surface area contributed by atoms with E-state index in [2.05, 4.69) is 4.72 Å². The van der Waals surface area contributed by atoms with Crippen LogP contribution in [-0.4, -0.2) is 40.7 Å². The van der Waals surface area contributed by atoms with Gasteiger partial charge in [0.15, 0.2) is 5.76 Å². The number of carbonyl (C=O) groups is 1. The van der Waals surface area contributed by atoms with E-state index in [1.807, 2.05) is 11.9 Å². The second-order valence-corrected chi connectivity index (χ2v) is 7.70. The van der Waals surface area contributed by atoms with Gasteiger partial charge in [0.1, 0.15) is 11.6 Å². The molecule has 0 bridgehead atoms. The van der Waals surface area contributed by atoms with Crippen molar-refractivity contribution in [2.75, 3.05) is 36.2 Å². The summed E-state index contributed by atoms with van der Waals surface area (Å²) in [6.07, 6.45) is 1.04. The number of likely N-dealkylation sites (N-methyl/N-ethyl adjacent to an activating group) is 1. The normalized spacial score (nSPS) is 14.5. The summed E-state index contributed by atoms with van der Waals surface area (Å²) in [7, 11) is -1.52. The number of sulfonamides is 1. The number of amides is 1. The maximum Gasteiger partial charge on any atom is 0.294 e. The van der Waals surface area contributed by atoms with E-state index in [0.717, 1.165) is 6.26 Å². The summed E-state index contributed by atoms with van der Waals surface area (Å²) in [5.74, 6) is -0.286. The molecule has 0 aliphatic carbocycles. The Labute approximate surface area is 145 Å². The van der Waals surface area contributed by atoms with Gasteiger partial charge in [-0.2, -0.15) is 0 Å². The zero-order valence-corrected chi connectivity index (χ0v) is 14.6. The van der Waals surface area contributed by atoms with E-state index < -0.39 is 10.0 Å². The smallest absolute Gasteiger partial charge is 0.294 e. The van der Waals surface area contributed by atoms with Crippen molar-refractivity contribution in [1.82, 2.24) is 4.72 Å². The third kappa shape index (κ3) is 3.83. The van der Waals surface area contributed by atoms with Crippen LogP contribution in [0, 0.1) is 5.82 Å². The topological polar surface area (TPSA) is 82.9 Å². The number of nitrogens with one attached hydrogen (secondary N) is 1. The molecule has 134 valence electrons.